The van der Waals surface area contributed by atoms with Gasteiger partial charge >= 0.3 is 11.9 Å². The summed E-state index contributed by atoms with van der Waals surface area (Å²) >= 11 is 14.3. The van der Waals surface area contributed by atoms with E-state index >= 15 is 0 Å². The number of carboxylic acid groups (broad SMARTS) is 2. The van der Waals surface area contributed by atoms with Crippen molar-refractivity contribution in [2.45, 2.75) is 0 Å². The molecule has 0 fully saturated rings. The van der Waals surface area contributed by atoms with Gasteiger partial charge in [-0.05, 0) is 64.6 Å². The molecule has 8 heteroatoms. The maximum absolute atomic E-state index is 11.6. The first-order valence-corrected chi connectivity index (χ1v) is 9.64. The van der Waals surface area contributed by atoms with Gasteiger partial charge in [0.05, 0.1) is 5.56 Å². The number of halogens is 3. The Bertz CT molecular complexity index is 1080. The summed E-state index contributed by atoms with van der Waals surface area (Å²) in [5, 5.41) is 19.3. The van der Waals surface area contributed by atoms with E-state index in [0.717, 1.165) is 0 Å². The van der Waals surface area contributed by atoms with Crippen molar-refractivity contribution < 1.29 is 24.5 Å². The highest BCUT2D eigenvalue weighted by Gasteiger charge is 2.21. The van der Waals surface area contributed by atoms with Crippen LogP contribution >= 0.6 is 45.8 Å². The van der Waals surface area contributed by atoms with E-state index < -0.39 is 11.9 Å². The maximum atomic E-state index is 11.6. The van der Waals surface area contributed by atoms with Crippen molar-refractivity contribution >= 4 is 57.7 Å². The molecule has 2 N–H and O–H groups in total. The van der Waals surface area contributed by atoms with E-state index in [4.69, 9.17) is 27.9 Å². The highest BCUT2D eigenvalue weighted by Crippen LogP contribution is 2.40. The Morgan fingerprint density at radius 2 is 1.50 bits per heavy atom. The molecular weight excluding hydrogens is 518 g/mol. The molecule has 0 aliphatic carbocycles. The second-order valence-electron chi connectivity index (χ2n) is 5.67. The molecule has 142 valence electrons. The zero-order chi connectivity index (χ0) is 20.4. The van der Waals surface area contributed by atoms with Crippen molar-refractivity contribution in [2.24, 2.45) is 0 Å². The van der Waals surface area contributed by atoms with Crippen molar-refractivity contribution in [2.75, 3.05) is 0 Å². The predicted molar refractivity (Wildman–Crippen MR) is 115 cm³/mol. The summed E-state index contributed by atoms with van der Waals surface area (Å²) in [6, 6.07) is 14.3. The van der Waals surface area contributed by atoms with Crippen LogP contribution in [0.25, 0.3) is 11.1 Å². The fraction of sp³-hybridized carbons (Fsp3) is 0. The molecule has 3 aromatic rings. The largest absolute Gasteiger partial charge is 0.478 e. The third-order valence-corrected chi connectivity index (χ3v) is 5.52. The summed E-state index contributed by atoms with van der Waals surface area (Å²) in [5.74, 6) is -1.81. The minimum absolute atomic E-state index is 0.0204. The van der Waals surface area contributed by atoms with Crippen LogP contribution in [0.15, 0.2) is 54.6 Å². The third-order valence-electron chi connectivity index (χ3n) is 3.83. The molecule has 0 bridgehead atoms. The van der Waals surface area contributed by atoms with Crippen LogP contribution in [-0.4, -0.2) is 22.2 Å². The zero-order valence-corrected chi connectivity index (χ0v) is 17.6. The van der Waals surface area contributed by atoms with E-state index in [0.29, 0.717) is 20.4 Å². The van der Waals surface area contributed by atoms with E-state index in [1.165, 1.54) is 18.2 Å². The van der Waals surface area contributed by atoms with Crippen LogP contribution in [-0.2, 0) is 0 Å². The number of ether oxygens (including phenoxy) is 1. The lowest BCUT2D eigenvalue weighted by molar-refractivity contribution is 0.0684. The molecule has 28 heavy (non-hydrogen) atoms. The van der Waals surface area contributed by atoms with Gasteiger partial charge in [-0.2, -0.15) is 0 Å². The van der Waals surface area contributed by atoms with Gasteiger partial charge in [0.1, 0.15) is 17.1 Å². The van der Waals surface area contributed by atoms with Crippen molar-refractivity contribution in [3.05, 3.63) is 79.3 Å². The molecule has 0 aliphatic rings. The van der Waals surface area contributed by atoms with E-state index in [9.17, 15) is 19.8 Å². The average molecular weight is 529 g/mol. The fourth-order valence-electron chi connectivity index (χ4n) is 2.57. The van der Waals surface area contributed by atoms with Crippen LogP contribution in [0.5, 0.6) is 11.5 Å². The summed E-state index contributed by atoms with van der Waals surface area (Å²) in [7, 11) is 0. The van der Waals surface area contributed by atoms with Gasteiger partial charge in [-0.1, -0.05) is 41.4 Å². The summed E-state index contributed by atoms with van der Waals surface area (Å²) < 4.78 is 6.17. The van der Waals surface area contributed by atoms with Gasteiger partial charge < -0.3 is 14.9 Å². The topological polar surface area (TPSA) is 83.8 Å². The normalized spacial score (nSPS) is 10.5. The SMILES string of the molecule is O=C(O)c1cc(Cl)c(-c2cc(Cl)cc(C(=O)O)c2I)cc1Oc1ccccc1. The Hall–Kier alpha value is -2.29. The molecule has 0 aliphatic heterocycles. The lowest BCUT2D eigenvalue weighted by Crippen LogP contribution is -2.03. The number of carboxylic acids is 2. The maximum Gasteiger partial charge on any atom is 0.339 e. The Labute approximate surface area is 183 Å². The number of hydrogen-bond donors (Lipinski definition) is 2. The second kappa shape index (κ2) is 8.38. The van der Waals surface area contributed by atoms with Gasteiger partial charge in [0.25, 0.3) is 0 Å². The summed E-state index contributed by atoms with van der Waals surface area (Å²) in [4.78, 5) is 23.1. The molecule has 0 unspecified atom stereocenters. The molecule has 0 amide bonds. The summed E-state index contributed by atoms with van der Waals surface area (Å²) in [6.45, 7) is 0. The van der Waals surface area contributed by atoms with Gasteiger partial charge in [-0.25, -0.2) is 9.59 Å². The summed E-state index contributed by atoms with van der Waals surface area (Å²) in [5.41, 5.74) is 0.775. The van der Waals surface area contributed by atoms with Crippen LogP contribution in [0.2, 0.25) is 10.0 Å². The van der Waals surface area contributed by atoms with E-state index in [1.807, 2.05) is 22.6 Å². The molecule has 0 atom stereocenters. The highest BCUT2D eigenvalue weighted by atomic mass is 127. The molecule has 3 aromatic carbocycles. The first-order chi connectivity index (χ1) is 13.3. The Balaban J connectivity index is 2.22. The first-order valence-electron chi connectivity index (χ1n) is 7.80. The third kappa shape index (κ3) is 4.24. The lowest BCUT2D eigenvalue weighted by atomic mass is 10.0. The van der Waals surface area contributed by atoms with Crippen molar-refractivity contribution in [1.82, 2.24) is 0 Å². The molecule has 0 spiro atoms. The van der Waals surface area contributed by atoms with Gasteiger partial charge in [0.15, 0.2) is 0 Å². The lowest BCUT2D eigenvalue weighted by Gasteiger charge is -2.15. The average Bonchev–Trinajstić information content (AvgIpc) is 2.65. The number of hydrogen-bond acceptors (Lipinski definition) is 3. The molecule has 0 radical (unpaired) electrons. The molecule has 0 saturated heterocycles. The Morgan fingerprint density at radius 1 is 0.857 bits per heavy atom. The van der Waals surface area contributed by atoms with Gasteiger partial charge in [0, 0.05) is 19.2 Å². The zero-order valence-electron chi connectivity index (χ0n) is 13.9. The van der Waals surface area contributed by atoms with Crippen LogP contribution < -0.4 is 4.74 Å². The molecule has 3 rings (SSSR count). The number of benzene rings is 3. The second-order valence-corrected chi connectivity index (χ2v) is 7.59. The van der Waals surface area contributed by atoms with Crippen molar-refractivity contribution in [3.8, 4) is 22.6 Å². The predicted octanol–water partition coefficient (Wildman–Crippen LogP) is 6.45. The molecule has 0 saturated carbocycles. The fourth-order valence-corrected chi connectivity index (χ4v) is 3.88. The van der Waals surface area contributed by atoms with Crippen LogP contribution in [0.1, 0.15) is 20.7 Å². The molecular formula is C20H11Cl2IO5. The molecule has 0 heterocycles. The Morgan fingerprint density at radius 3 is 2.11 bits per heavy atom. The molecule has 0 aromatic heterocycles. The quantitative estimate of drug-likeness (QED) is 0.371. The van der Waals surface area contributed by atoms with Gasteiger partial charge in [0.2, 0.25) is 0 Å². The number of carbonyl (C=O) groups is 2. The highest BCUT2D eigenvalue weighted by molar-refractivity contribution is 14.1. The minimum atomic E-state index is -1.20. The van der Waals surface area contributed by atoms with Crippen LogP contribution in [0.4, 0.5) is 0 Å². The van der Waals surface area contributed by atoms with Crippen molar-refractivity contribution in [1.29, 1.82) is 0 Å². The van der Waals surface area contributed by atoms with E-state index in [1.54, 1.807) is 36.4 Å². The minimum Gasteiger partial charge on any atom is -0.478 e. The standard InChI is InChI=1S/C20H11Cl2IO5/c21-10-6-13(18(23)15(7-10)20(26)27)12-9-17(14(19(24)25)8-16(12)22)28-11-4-2-1-3-5-11/h1-9H,(H,24,25)(H,26,27). The first kappa shape index (κ1) is 20.4. The van der Waals surface area contributed by atoms with Crippen LogP contribution in [0.3, 0.4) is 0 Å². The van der Waals surface area contributed by atoms with E-state index in [-0.39, 0.29) is 26.9 Å². The van der Waals surface area contributed by atoms with E-state index in [2.05, 4.69) is 0 Å². The van der Waals surface area contributed by atoms with Crippen LogP contribution in [0, 0.1) is 3.57 Å². The van der Waals surface area contributed by atoms with Crippen molar-refractivity contribution in [3.63, 3.8) is 0 Å². The Kier molecular flexibility index (Phi) is 6.12. The number of rotatable bonds is 5. The van der Waals surface area contributed by atoms with Gasteiger partial charge in [-0.15, -0.1) is 0 Å². The summed E-state index contributed by atoms with van der Waals surface area (Å²) in [6.07, 6.45) is 0. The molecule has 5 nitrogen and oxygen atoms in total. The number of para-hydroxylation sites is 1. The number of aromatic carboxylic acids is 2. The monoisotopic (exact) mass is 528 g/mol. The van der Waals surface area contributed by atoms with Gasteiger partial charge in [-0.3, -0.25) is 0 Å². The smallest absolute Gasteiger partial charge is 0.339 e.